The molecule has 0 saturated carbocycles. The van der Waals surface area contributed by atoms with Gasteiger partial charge in [-0.3, -0.25) is 0 Å². The monoisotopic (exact) mass is 239 g/mol. The Morgan fingerprint density at radius 3 is 2.71 bits per heavy atom. The maximum absolute atomic E-state index is 5.70. The SMILES string of the molecule is CCCNC(Cc1ccoc1)C(C)(CC)OC. The Morgan fingerprint density at radius 1 is 1.47 bits per heavy atom. The molecule has 0 fully saturated rings. The summed E-state index contributed by atoms with van der Waals surface area (Å²) >= 11 is 0. The van der Waals surface area contributed by atoms with Crippen LogP contribution in [0.25, 0.3) is 0 Å². The van der Waals surface area contributed by atoms with Gasteiger partial charge in [-0.1, -0.05) is 13.8 Å². The van der Waals surface area contributed by atoms with Gasteiger partial charge in [0.05, 0.1) is 18.1 Å². The third-order valence-corrected chi connectivity index (χ3v) is 3.57. The normalized spacial score (nSPS) is 16.7. The van der Waals surface area contributed by atoms with Gasteiger partial charge in [0, 0.05) is 13.2 Å². The summed E-state index contributed by atoms with van der Waals surface area (Å²) in [6.07, 6.45) is 6.59. The number of methoxy groups -OCH3 is 1. The molecule has 98 valence electrons. The predicted octanol–water partition coefficient (Wildman–Crippen LogP) is 3.01. The number of hydrogen-bond acceptors (Lipinski definition) is 3. The van der Waals surface area contributed by atoms with Crippen molar-refractivity contribution < 1.29 is 9.15 Å². The fourth-order valence-corrected chi connectivity index (χ4v) is 2.00. The summed E-state index contributed by atoms with van der Waals surface area (Å²) in [6, 6.07) is 2.34. The highest BCUT2D eigenvalue weighted by Crippen LogP contribution is 2.22. The van der Waals surface area contributed by atoms with Crippen molar-refractivity contribution in [3.05, 3.63) is 24.2 Å². The van der Waals surface area contributed by atoms with E-state index in [-0.39, 0.29) is 5.60 Å². The molecule has 0 radical (unpaired) electrons. The molecule has 0 aliphatic carbocycles. The van der Waals surface area contributed by atoms with Crippen LogP contribution in [0.2, 0.25) is 0 Å². The highest BCUT2D eigenvalue weighted by Gasteiger charge is 2.32. The van der Waals surface area contributed by atoms with Crippen LogP contribution in [0.15, 0.2) is 23.0 Å². The zero-order valence-electron chi connectivity index (χ0n) is 11.5. The summed E-state index contributed by atoms with van der Waals surface area (Å²) in [6.45, 7) is 7.53. The van der Waals surface area contributed by atoms with E-state index in [9.17, 15) is 0 Å². The Hall–Kier alpha value is -0.800. The molecule has 0 saturated heterocycles. The molecule has 17 heavy (non-hydrogen) atoms. The number of hydrogen-bond donors (Lipinski definition) is 1. The molecule has 0 amide bonds. The molecule has 2 unspecified atom stereocenters. The van der Waals surface area contributed by atoms with Gasteiger partial charge >= 0.3 is 0 Å². The Kier molecular flexibility index (Phi) is 5.72. The highest BCUT2D eigenvalue weighted by atomic mass is 16.5. The molecule has 2 atom stereocenters. The first-order chi connectivity index (χ1) is 8.16. The van der Waals surface area contributed by atoms with E-state index in [2.05, 4.69) is 26.1 Å². The molecule has 1 aromatic rings. The second-order valence-corrected chi connectivity index (χ2v) is 4.71. The lowest BCUT2D eigenvalue weighted by atomic mass is 9.89. The van der Waals surface area contributed by atoms with Gasteiger partial charge in [-0.2, -0.15) is 0 Å². The fraction of sp³-hybridized carbons (Fsp3) is 0.714. The van der Waals surface area contributed by atoms with E-state index in [4.69, 9.17) is 9.15 Å². The Balaban J connectivity index is 2.71. The smallest absolute Gasteiger partial charge is 0.0935 e. The van der Waals surface area contributed by atoms with Gasteiger partial charge in [0.25, 0.3) is 0 Å². The molecule has 1 aromatic heterocycles. The lowest BCUT2D eigenvalue weighted by Gasteiger charge is -2.36. The van der Waals surface area contributed by atoms with Crippen LogP contribution in [0.4, 0.5) is 0 Å². The van der Waals surface area contributed by atoms with E-state index in [0.717, 1.165) is 25.8 Å². The summed E-state index contributed by atoms with van der Waals surface area (Å²) in [5, 5.41) is 3.58. The molecule has 0 spiro atoms. The van der Waals surface area contributed by atoms with Crippen LogP contribution >= 0.6 is 0 Å². The number of nitrogens with one attached hydrogen (secondary N) is 1. The van der Waals surface area contributed by atoms with Crippen molar-refractivity contribution in [1.82, 2.24) is 5.32 Å². The second-order valence-electron chi connectivity index (χ2n) is 4.71. The average Bonchev–Trinajstić information content (AvgIpc) is 2.86. The predicted molar refractivity (Wildman–Crippen MR) is 70.2 cm³/mol. The lowest BCUT2D eigenvalue weighted by Crippen LogP contribution is -2.51. The first-order valence-electron chi connectivity index (χ1n) is 6.45. The first kappa shape index (κ1) is 14.3. The van der Waals surface area contributed by atoms with E-state index in [1.807, 2.05) is 12.3 Å². The van der Waals surface area contributed by atoms with Crippen LogP contribution in [0.1, 0.15) is 39.2 Å². The van der Waals surface area contributed by atoms with Gasteiger partial charge in [-0.25, -0.2) is 0 Å². The van der Waals surface area contributed by atoms with E-state index in [1.54, 1.807) is 13.4 Å². The zero-order valence-corrected chi connectivity index (χ0v) is 11.5. The van der Waals surface area contributed by atoms with Gasteiger partial charge in [-0.05, 0) is 44.4 Å². The van der Waals surface area contributed by atoms with Crippen LogP contribution in [0, 0.1) is 0 Å². The molecule has 1 N–H and O–H groups in total. The summed E-state index contributed by atoms with van der Waals surface area (Å²) in [5.74, 6) is 0. The maximum atomic E-state index is 5.70. The van der Waals surface area contributed by atoms with E-state index in [1.165, 1.54) is 5.56 Å². The quantitative estimate of drug-likeness (QED) is 0.757. The molecule has 3 heteroatoms. The standard InChI is InChI=1S/C14H25NO2/c1-5-8-15-13(14(3,6-2)16-4)10-12-7-9-17-11-12/h7,9,11,13,15H,5-6,8,10H2,1-4H3. The van der Waals surface area contributed by atoms with Crippen molar-refractivity contribution in [2.24, 2.45) is 0 Å². The minimum atomic E-state index is -0.133. The third-order valence-electron chi connectivity index (χ3n) is 3.57. The summed E-state index contributed by atoms with van der Waals surface area (Å²) in [4.78, 5) is 0. The summed E-state index contributed by atoms with van der Waals surface area (Å²) < 4.78 is 10.8. The average molecular weight is 239 g/mol. The fourth-order valence-electron chi connectivity index (χ4n) is 2.00. The summed E-state index contributed by atoms with van der Waals surface area (Å²) in [5.41, 5.74) is 1.09. The topological polar surface area (TPSA) is 34.4 Å². The van der Waals surface area contributed by atoms with E-state index >= 15 is 0 Å². The minimum Gasteiger partial charge on any atom is -0.472 e. The van der Waals surface area contributed by atoms with Crippen molar-refractivity contribution in [2.45, 2.75) is 51.7 Å². The highest BCUT2D eigenvalue weighted by molar-refractivity contribution is 5.10. The van der Waals surface area contributed by atoms with E-state index < -0.39 is 0 Å². The van der Waals surface area contributed by atoms with Gasteiger partial charge in [0.2, 0.25) is 0 Å². The second kappa shape index (κ2) is 6.82. The molecule has 0 bridgehead atoms. The van der Waals surface area contributed by atoms with Crippen molar-refractivity contribution >= 4 is 0 Å². The van der Waals surface area contributed by atoms with Crippen LogP contribution in [0.5, 0.6) is 0 Å². The summed E-state index contributed by atoms with van der Waals surface area (Å²) in [7, 11) is 1.79. The van der Waals surface area contributed by atoms with E-state index in [0.29, 0.717) is 6.04 Å². The van der Waals surface area contributed by atoms with Crippen molar-refractivity contribution in [3.63, 3.8) is 0 Å². The van der Waals surface area contributed by atoms with Gasteiger partial charge < -0.3 is 14.5 Å². The Morgan fingerprint density at radius 2 is 2.24 bits per heavy atom. The molecule has 0 aliphatic heterocycles. The van der Waals surface area contributed by atoms with Crippen molar-refractivity contribution in [2.75, 3.05) is 13.7 Å². The molecule has 0 aliphatic rings. The zero-order chi connectivity index (χ0) is 12.7. The first-order valence-corrected chi connectivity index (χ1v) is 6.45. The number of rotatable bonds is 8. The van der Waals surface area contributed by atoms with Gasteiger partial charge in [0.1, 0.15) is 0 Å². The van der Waals surface area contributed by atoms with Gasteiger partial charge in [-0.15, -0.1) is 0 Å². The molecular weight excluding hydrogens is 214 g/mol. The van der Waals surface area contributed by atoms with Crippen molar-refractivity contribution in [1.29, 1.82) is 0 Å². The number of ether oxygens (including phenoxy) is 1. The third kappa shape index (κ3) is 3.86. The molecular formula is C14H25NO2. The minimum absolute atomic E-state index is 0.133. The van der Waals surface area contributed by atoms with Crippen LogP contribution < -0.4 is 5.32 Å². The van der Waals surface area contributed by atoms with Gasteiger partial charge in [0.15, 0.2) is 0 Å². The molecule has 3 nitrogen and oxygen atoms in total. The van der Waals surface area contributed by atoms with Crippen molar-refractivity contribution in [3.8, 4) is 0 Å². The van der Waals surface area contributed by atoms with Crippen LogP contribution in [0.3, 0.4) is 0 Å². The Bertz CT molecular complexity index is 291. The van der Waals surface area contributed by atoms with Crippen LogP contribution in [-0.4, -0.2) is 25.3 Å². The molecule has 0 aromatic carbocycles. The van der Waals surface area contributed by atoms with Crippen LogP contribution in [-0.2, 0) is 11.2 Å². The number of furan rings is 1. The lowest BCUT2D eigenvalue weighted by molar-refractivity contribution is -0.0287. The Labute approximate surface area is 105 Å². The maximum Gasteiger partial charge on any atom is 0.0935 e. The molecule has 1 rings (SSSR count). The largest absolute Gasteiger partial charge is 0.472 e. The molecule has 1 heterocycles.